The molecule has 1 aliphatic heterocycles. The largest absolute Gasteiger partial charge is 0.456 e. The molecule has 0 unspecified atom stereocenters. The number of nitrogens with one attached hydrogen (secondary N) is 1. The van der Waals surface area contributed by atoms with Crippen molar-refractivity contribution in [2.24, 2.45) is 5.92 Å². The summed E-state index contributed by atoms with van der Waals surface area (Å²) in [4.78, 5) is 50.5. The van der Waals surface area contributed by atoms with Crippen molar-refractivity contribution in [3.05, 3.63) is 23.0 Å². The highest BCUT2D eigenvalue weighted by Crippen LogP contribution is 2.38. The predicted molar refractivity (Wildman–Crippen MR) is 110 cm³/mol. The number of ketones is 1. The van der Waals surface area contributed by atoms with E-state index in [1.54, 1.807) is 6.92 Å². The maximum absolute atomic E-state index is 12.7. The van der Waals surface area contributed by atoms with E-state index in [4.69, 9.17) is 4.74 Å². The van der Waals surface area contributed by atoms with Crippen molar-refractivity contribution in [2.45, 2.75) is 71.9 Å². The van der Waals surface area contributed by atoms with E-state index in [0.717, 1.165) is 35.6 Å². The first-order valence-corrected chi connectivity index (χ1v) is 10.5. The Morgan fingerprint density at radius 3 is 2.53 bits per heavy atom. The van der Waals surface area contributed by atoms with Crippen LogP contribution >= 0.6 is 0 Å². The monoisotopic (exact) mass is 417 g/mol. The number of Topliss-reactive ketones (excluding diaryl/α,β-unsaturated/α-hetero) is 1. The molecular formula is C22H31N3O5. The molecule has 30 heavy (non-hydrogen) atoms. The zero-order chi connectivity index (χ0) is 22.2. The first-order chi connectivity index (χ1) is 14.0. The lowest BCUT2D eigenvalue weighted by atomic mass is 9.92. The van der Waals surface area contributed by atoms with Gasteiger partial charge in [0.2, 0.25) is 5.78 Å². The average Bonchev–Trinajstić information content (AvgIpc) is 3.42. The van der Waals surface area contributed by atoms with Crippen LogP contribution in [-0.4, -0.2) is 51.8 Å². The van der Waals surface area contributed by atoms with Crippen LogP contribution in [0.3, 0.4) is 0 Å². The Labute approximate surface area is 176 Å². The minimum Gasteiger partial charge on any atom is -0.456 e. The molecule has 1 aromatic heterocycles. The smallest absolute Gasteiger partial charge is 0.326 e. The second-order valence-electron chi connectivity index (χ2n) is 9.06. The molecule has 1 atom stereocenters. The molecular weight excluding hydrogens is 386 g/mol. The molecule has 1 aromatic rings. The van der Waals surface area contributed by atoms with Crippen molar-refractivity contribution in [1.29, 1.82) is 0 Å². The van der Waals surface area contributed by atoms with E-state index < -0.39 is 36.6 Å². The van der Waals surface area contributed by atoms with Crippen LogP contribution in [0.1, 0.15) is 74.2 Å². The number of esters is 1. The molecule has 1 saturated carbocycles. The Morgan fingerprint density at radius 1 is 1.27 bits per heavy atom. The fourth-order valence-electron chi connectivity index (χ4n) is 3.99. The zero-order valence-corrected chi connectivity index (χ0v) is 18.4. The first kappa shape index (κ1) is 22.1. The van der Waals surface area contributed by atoms with Crippen LogP contribution in [0.25, 0.3) is 0 Å². The Morgan fingerprint density at radius 2 is 1.93 bits per heavy atom. The molecule has 164 valence electrons. The van der Waals surface area contributed by atoms with Gasteiger partial charge in [-0.3, -0.25) is 19.3 Å². The summed E-state index contributed by atoms with van der Waals surface area (Å²) >= 11 is 0. The average molecular weight is 418 g/mol. The van der Waals surface area contributed by atoms with E-state index in [1.165, 1.54) is 0 Å². The molecule has 0 radical (unpaired) electrons. The number of ether oxygens (including phenoxy) is 1. The van der Waals surface area contributed by atoms with E-state index >= 15 is 0 Å². The van der Waals surface area contributed by atoms with Gasteiger partial charge < -0.3 is 14.6 Å². The molecule has 1 saturated heterocycles. The van der Waals surface area contributed by atoms with Gasteiger partial charge in [-0.2, -0.15) is 0 Å². The first-order valence-electron chi connectivity index (χ1n) is 10.5. The van der Waals surface area contributed by atoms with E-state index in [0.29, 0.717) is 23.9 Å². The van der Waals surface area contributed by atoms with Crippen LogP contribution in [0, 0.1) is 19.8 Å². The van der Waals surface area contributed by atoms with Crippen molar-refractivity contribution in [3.63, 3.8) is 0 Å². The molecule has 2 heterocycles. The fraction of sp³-hybridized carbons (Fsp3) is 0.636. The Kier molecular flexibility index (Phi) is 6.06. The summed E-state index contributed by atoms with van der Waals surface area (Å²) in [5, 5.41) is 2.67. The number of aromatic nitrogens is 1. The molecule has 0 bridgehead atoms. The van der Waals surface area contributed by atoms with Crippen LogP contribution in [0.4, 0.5) is 4.79 Å². The summed E-state index contributed by atoms with van der Waals surface area (Å²) in [6, 6.07) is 1.67. The summed E-state index contributed by atoms with van der Waals surface area (Å²) in [5.74, 6) is -1.12. The molecule has 0 aromatic carbocycles. The lowest BCUT2D eigenvalue weighted by molar-refractivity contribution is -0.146. The van der Waals surface area contributed by atoms with Crippen molar-refractivity contribution in [2.75, 3.05) is 13.2 Å². The van der Waals surface area contributed by atoms with Gasteiger partial charge in [0.15, 0.2) is 6.61 Å². The van der Waals surface area contributed by atoms with Gasteiger partial charge in [0.05, 0.1) is 0 Å². The highest BCUT2D eigenvalue weighted by atomic mass is 16.5. The summed E-state index contributed by atoms with van der Waals surface area (Å²) in [7, 11) is 0. The predicted octanol–water partition coefficient (Wildman–Crippen LogP) is 2.91. The van der Waals surface area contributed by atoms with Gasteiger partial charge in [-0.15, -0.1) is 0 Å². The number of hydrogen-bond donors (Lipinski definition) is 1. The molecule has 0 spiro atoms. The topological polar surface area (TPSA) is 97.7 Å². The van der Waals surface area contributed by atoms with Gasteiger partial charge in [0.25, 0.3) is 5.91 Å². The lowest BCUT2D eigenvalue weighted by Crippen LogP contribution is -2.44. The zero-order valence-electron chi connectivity index (χ0n) is 18.4. The van der Waals surface area contributed by atoms with E-state index in [2.05, 4.69) is 9.88 Å². The maximum Gasteiger partial charge on any atom is 0.326 e. The van der Waals surface area contributed by atoms with Gasteiger partial charge >= 0.3 is 12.0 Å². The third-order valence-corrected chi connectivity index (χ3v) is 5.92. The number of carbonyl (C=O) groups is 4. The summed E-state index contributed by atoms with van der Waals surface area (Å²) in [6.07, 6.45) is 3.49. The number of urea groups is 1. The van der Waals surface area contributed by atoms with Crippen molar-refractivity contribution in [1.82, 2.24) is 14.8 Å². The standard InChI is InChI=1S/C22H31N3O5/c1-13(2)8-9-22(5)20(28)24(21(29)23-22)11-19(27)30-12-18(26)17-10-14(3)25(15(17)4)16-6-7-16/h10,13,16H,6-9,11-12H2,1-5H3,(H,23,29)/t22-/m0/s1. The lowest BCUT2D eigenvalue weighted by Gasteiger charge is -2.22. The van der Waals surface area contributed by atoms with Gasteiger partial charge in [0.1, 0.15) is 12.1 Å². The van der Waals surface area contributed by atoms with Crippen molar-refractivity contribution in [3.8, 4) is 0 Å². The number of rotatable bonds is 9. The highest BCUT2D eigenvalue weighted by molar-refractivity contribution is 6.08. The second-order valence-corrected chi connectivity index (χ2v) is 9.06. The number of aryl methyl sites for hydroxylation is 1. The van der Waals surface area contributed by atoms with Crippen molar-refractivity contribution < 1.29 is 23.9 Å². The van der Waals surface area contributed by atoms with Gasteiger partial charge in [0, 0.05) is 23.0 Å². The van der Waals surface area contributed by atoms with Crippen LogP contribution in [0.5, 0.6) is 0 Å². The van der Waals surface area contributed by atoms with Crippen LogP contribution < -0.4 is 5.32 Å². The molecule has 3 rings (SSSR count). The molecule has 2 aliphatic rings. The normalized spacial score (nSPS) is 21.3. The minimum atomic E-state index is -1.02. The summed E-state index contributed by atoms with van der Waals surface area (Å²) in [5.41, 5.74) is 1.43. The quantitative estimate of drug-likeness (QED) is 0.378. The van der Waals surface area contributed by atoms with E-state index in [1.807, 2.05) is 33.8 Å². The molecule has 1 N–H and O–H groups in total. The van der Waals surface area contributed by atoms with Crippen LogP contribution in [0.15, 0.2) is 6.07 Å². The third kappa shape index (κ3) is 4.42. The van der Waals surface area contributed by atoms with Gasteiger partial charge in [-0.05, 0) is 58.4 Å². The van der Waals surface area contributed by atoms with Crippen molar-refractivity contribution >= 4 is 23.7 Å². The maximum atomic E-state index is 12.7. The number of imide groups is 1. The molecule has 8 nitrogen and oxygen atoms in total. The molecule has 1 aliphatic carbocycles. The SMILES string of the molecule is Cc1cc(C(=O)COC(=O)CN2C(=O)N[C@@](C)(CCC(C)C)C2=O)c(C)n1C1CC1. The Hall–Kier alpha value is -2.64. The number of amides is 3. The third-order valence-electron chi connectivity index (χ3n) is 5.92. The summed E-state index contributed by atoms with van der Waals surface area (Å²) < 4.78 is 7.24. The Balaban J connectivity index is 1.56. The van der Waals surface area contributed by atoms with Crippen LogP contribution in [-0.2, 0) is 14.3 Å². The molecule has 3 amide bonds. The minimum absolute atomic E-state index is 0.290. The van der Waals surface area contributed by atoms with Gasteiger partial charge in [-0.1, -0.05) is 13.8 Å². The number of nitrogens with zero attached hydrogens (tertiary/aromatic N) is 2. The van der Waals surface area contributed by atoms with E-state index in [9.17, 15) is 19.2 Å². The second kappa shape index (κ2) is 8.24. The summed E-state index contributed by atoms with van der Waals surface area (Å²) in [6.45, 7) is 8.68. The van der Waals surface area contributed by atoms with Crippen LogP contribution in [0.2, 0.25) is 0 Å². The molecule has 8 heteroatoms. The van der Waals surface area contributed by atoms with Gasteiger partial charge in [-0.25, -0.2) is 4.79 Å². The molecule has 2 fully saturated rings. The fourth-order valence-corrected chi connectivity index (χ4v) is 3.99. The highest BCUT2D eigenvalue weighted by Gasteiger charge is 2.48. The number of hydrogen-bond acceptors (Lipinski definition) is 5. The van der Waals surface area contributed by atoms with E-state index in [-0.39, 0.29) is 5.78 Å². The Bertz CT molecular complexity index is 884. The number of carbonyl (C=O) groups excluding carboxylic acids is 4.